The van der Waals surface area contributed by atoms with Gasteiger partial charge in [0.05, 0.1) is 6.10 Å². The molecule has 6 heteroatoms. The van der Waals surface area contributed by atoms with Crippen LogP contribution in [0.25, 0.3) is 0 Å². The molecular formula is C11H22N2O3S. The second kappa shape index (κ2) is 6.96. The molecule has 0 saturated carbocycles. The summed E-state index contributed by atoms with van der Waals surface area (Å²) in [5.41, 5.74) is 0. The molecule has 3 atom stereocenters. The molecule has 17 heavy (non-hydrogen) atoms. The van der Waals surface area contributed by atoms with Crippen LogP contribution in [0, 0.1) is 0 Å². The third-order valence-corrected chi connectivity index (χ3v) is 3.91. The molecule has 1 rings (SSSR count). The van der Waals surface area contributed by atoms with Crippen LogP contribution in [0.5, 0.6) is 0 Å². The summed E-state index contributed by atoms with van der Waals surface area (Å²) < 4.78 is 16.5. The van der Waals surface area contributed by atoms with Gasteiger partial charge < -0.3 is 15.0 Å². The first kappa shape index (κ1) is 14.4. The summed E-state index contributed by atoms with van der Waals surface area (Å²) in [5, 5.41) is 2.84. The fourth-order valence-electron chi connectivity index (χ4n) is 1.78. The molecule has 0 aromatic rings. The lowest BCUT2D eigenvalue weighted by molar-refractivity contribution is 0.109. The highest BCUT2D eigenvalue weighted by molar-refractivity contribution is 7.84. The average molecular weight is 262 g/mol. The predicted octanol–water partition coefficient (Wildman–Crippen LogP) is 0.574. The van der Waals surface area contributed by atoms with Gasteiger partial charge in [-0.1, -0.05) is 0 Å². The van der Waals surface area contributed by atoms with Crippen LogP contribution in [0.15, 0.2) is 0 Å². The van der Waals surface area contributed by atoms with Gasteiger partial charge in [0, 0.05) is 49.0 Å². The molecule has 2 amide bonds. The molecule has 0 spiro atoms. The van der Waals surface area contributed by atoms with E-state index in [0.717, 1.165) is 19.4 Å². The summed E-state index contributed by atoms with van der Waals surface area (Å²) in [5.74, 6) is 0.504. The maximum Gasteiger partial charge on any atom is 0.317 e. The van der Waals surface area contributed by atoms with Gasteiger partial charge in [-0.25, -0.2) is 4.79 Å². The molecular weight excluding hydrogens is 240 g/mol. The minimum Gasteiger partial charge on any atom is -0.376 e. The standard InChI is InChI=1S/C11H22N2O3S/c1-9(8-17(3)15)13(2)11(14)12-7-10-5-4-6-16-10/h9-10H,4-8H2,1-3H3,(H,12,14). The maximum atomic E-state index is 11.8. The molecule has 0 radical (unpaired) electrons. The number of ether oxygens (including phenoxy) is 1. The van der Waals surface area contributed by atoms with E-state index in [4.69, 9.17) is 4.74 Å². The number of hydrogen-bond acceptors (Lipinski definition) is 3. The van der Waals surface area contributed by atoms with E-state index in [1.54, 1.807) is 18.2 Å². The second-order valence-corrected chi connectivity index (χ2v) is 6.00. The van der Waals surface area contributed by atoms with Crippen molar-refractivity contribution in [3.8, 4) is 0 Å². The van der Waals surface area contributed by atoms with Crippen molar-refractivity contribution < 1.29 is 13.7 Å². The number of carbonyl (C=O) groups is 1. The molecule has 1 saturated heterocycles. The number of nitrogens with one attached hydrogen (secondary N) is 1. The Morgan fingerprint density at radius 1 is 1.65 bits per heavy atom. The van der Waals surface area contributed by atoms with Crippen molar-refractivity contribution in [3.05, 3.63) is 0 Å². The Labute approximate surface area is 105 Å². The van der Waals surface area contributed by atoms with Crippen LogP contribution >= 0.6 is 0 Å². The van der Waals surface area contributed by atoms with E-state index in [1.807, 2.05) is 6.92 Å². The highest BCUT2D eigenvalue weighted by Crippen LogP contribution is 2.10. The molecule has 0 aliphatic carbocycles. The Bertz CT molecular complexity index is 280. The van der Waals surface area contributed by atoms with E-state index in [0.29, 0.717) is 12.3 Å². The van der Waals surface area contributed by atoms with E-state index in [9.17, 15) is 9.00 Å². The first-order chi connectivity index (χ1) is 8.00. The van der Waals surface area contributed by atoms with Crippen LogP contribution in [-0.4, -0.2) is 59.5 Å². The summed E-state index contributed by atoms with van der Waals surface area (Å²) in [6.45, 7) is 3.25. The molecule has 1 aliphatic rings. The molecule has 0 bridgehead atoms. The molecule has 1 heterocycles. The van der Waals surface area contributed by atoms with Gasteiger partial charge in [-0.05, 0) is 19.8 Å². The largest absolute Gasteiger partial charge is 0.376 e. The molecule has 100 valence electrons. The molecule has 1 fully saturated rings. The van der Waals surface area contributed by atoms with Gasteiger partial charge in [-0.2, -0.15) is 0 Å². The Kier molecular flexibility index (Phi) is 5.91. The smallest absolute Gasteiger partial charge is 0.317 e. The van der Waals surface area contributed by atoms with E-state index in [2.05, 4.69) is 5.32 Å². The number of amides is 2. The van der Waals surface area contributed by atoms with Gasteiger partial charge in [-0.15, -0.1) is 0 Å². The number of hydrogen-bond donors (Lipinski definition) is 1. The van der Waals surface area contributed by atoms with Crippen LogP contribution in [0.1, 0.15) is 19.8 Å². The lowest BCUT2D eigenvalue weighted by Crippen LogP contribution is -2.46. The van der Waals surface area contributed by atoms with Crippen molar-refractivity contribution in [1.29, 1.82) is 0 Å². The first-order valence-electron chi connectivity index (χ1n) is 5.93. The van der Waals surface area contributed by atoms with Crippen molar-refractivity contribution in [1.82, 2.24) is 10.2 Å². The van der Waals surface area contributed by atoms with Crippen LogP contribution in [0.3, 0.4) is 0 Å². The second-order valence-electron chi connectivity index (χ2n) is 4.52. The Balaban J connectivity index is 2.27. The van der Waals surface area contributed by atoms with Crippen LogP contribution in [0.4, 0.5) is 4.79 Å². The Morgan fingerprint density at radius 3 is 2.88 bits per heavy atom. The monoisotopic (exact) mass is 262 g/mol. The third-order valence-electron chi connectivity index (χ3n) is 2.96. The van der Waals surface area contributed by atoms with Crippen molar-refractivity contribution >= 4 is 16.8 Å². The Hall–Kier alpha value is -0.620. The molecule has 1 aliphatic heterocycles. The van der Waals surface area contributed by atoms with Crippen LogP contribution in [-0.2, 0) is 15.5 Å². The quantitative estimate of drug-likeness (QED) is 0.788. The summed E-state index contributed by atoms with van der Waals surface area (Å²) in [6.07, 6.45) is 3.89. The number of rotatable bonds is 5. The lowest BCUT2D eigenvalue weighted by atomic mass is 10.2. The van der Waals surface area contributed by atoms with Gasteiger partial charge in [-0.3, -0.25) is 4.21 Å². The Morgan fingerprint density at radius 2 is 2.35 bits per heavy atom. The molecule has 3 unspecified atom stereocenters. The number of urea groups is 1. The predicted molar refractivity (Wildman–Crippen MR) is 68.5 cm³/mol. The van der Waals surface area contributed by atoms with Crippen molar-refractivity contribution in [2.45, 2.75) is 31.9 Å². The van der Waals surface area contributed by atoms with Gasteiger partial charge in [0.25, 0.3) is 0 Å². The van der Waals surface area contributed by atoms with Crippen molar-refractivity contribution in [2.24, 2.45) is 0 Å². The fourth-order valence-corrected chi connectivity index (χ4v) is 2.69. The maximum absolute atomic E-state index is 11.8. The fraction of sp³-hybridized carbons (Fsp3) is 0.909. The summed E-state index contributed by atoms with van der Waals surface area (Å²) in [6, 6.07) is -0.149. The van der Waals surface area contributed by atoms with Gasteiger partial charge in [0.15, 0.2) is 0 Å². The molecule has 0 aromatic heterocycles. The van der Waals surface area contributed by atoms with Gasteiger partial charge >= 0.3 is 6.03 Å². The van der Waals surface area contributed by atoms with E-state index in [-0.39, 0.29) is 18.2 Å². The molecule has 1 N–H and O–H groups in total. The van der Waals surface area contributed by atoms with Gasteiger partial charge in [0.2, 0.25) is 0 Å². The van der Waals surface area contributed by atoms with Crippen LogP contribution in [0.2, 0.25) is 0 Å². The zero-order chi connectivity index (χ0) is 12.8. The first-order valence-corrected chi connectivity index (χ1v) is 7.65. The zero-order valence-electron chi connectivity index (χ0n) is 10.8. The summed E-state index contributed by atoms with van der Waals surface area (Å²) in [4.78, 5) is 13.4. The number of carbonyl (C=O) groups excluding carboxylic acids is 1. The molecule has 0 aromatic carbocycles. The van der Waals surface area contributed by atoms with E-state index < -0.39 is 10.8 Å². The highest BCUT2D eigenvalue weighted by atomic mass is 32.2. The normalized spacial score (nSPS) is 23.1. The third kappa shape index (κ3) is 5.04. The van der Waals surface area contributed by atoms with Gasteiger partial charge in [0.1, 0.15) is 0 Å². The average Bonchev–Trinajstić information content (AvgIpc) is 2.76. The van der Waals surface area contributed by atoms with E-state index in [1.165, 1.54) is 0 Å². The topological polar surface area (TPSA) is 58.6 Å². The summed E-state index contributed by atoms with van der Waals surface area (Å²) >= 11 is 0. The summed E-state index contributed by atoms with van der Waals surface area (Å²) in [7, 11) is 0.840. The lowest BCUT2D eigenvalue weighted by Gasteiger charge is -2.25. The minimum atomic E-state index is -0.885. The van der Waals surface area contributed by atoms with E-state index >= 15 is 0 Å². The number of nitrogens with zero attached hydrogens (tertiary/aromatic N) is 1. The van der Waals surface area contributed by atoms with Crippen molar-refractivity contribution in [2.75, 3.05) is 32.2 Å². The van der Waals surface area contributed by atoms with Crippen LogP contribution < -0.4 is 5.32 Å². The molecule has 5 nitrogen and oxygen atoms in total. The SMILES string of the molecule is CC(CS(C)=O)N(C)C(=O)NCC1CCCO1. The zero-order valence-corrected chi connectivity index (χ0v) is 11.6. The minimum absolute atomic E-state index is 0.0228. The highest BCUT2D eigenvalue weighted by Gasteiger charge is 2.20. The van der Waals surface area contributed by atoms with Crippen molar-refractivity contribution in [3.63, 3.8) is 0 Å².